The first kappa shape index (κ1) is 36.6. The number of nitrogens with zero attached hydrogens (tertiary/aromatic N) is 8. The van der Waals surface area contributed by atoms with Gasteiger partial charge in [0.05, 0.1) is 39.8 Å². The molecular formula is C37H29ClF3N9O6. The summed E-state index contributed by atoms with van der Waals surface area (Å²) >= 11 is 6.15. The van der Waals surface area contributed by atoms with Gasteiger partial charge in [-0.25, -0.2) is 9.97 Å². The second-order valence-electron chi connectivity index (χ2n) is 13.3. The number of carbonyl (C=O) groups excluding carboxylic acids is 2. The minimum absolute atomic E-state index is 0.0138. The molecule has 8 rings (SSSR count). The third kappa shape index (κ3) is 6.35. The van der Waals surface area contributed by atoms with E-state index in [4.69, 9.17) is 16.3 Å². The number of alkyl halides is 3. The molecule has 1 atom stereocenters. The number of aromatic hydroxyl groups is 1. The predicted octanol–water partition coefficient (Wildman–Crippen LogP) is 4.74. The SMILES string of the molecule is C[C@H]1OC2(CCN(C(=O)c3ncncc3O)CC2)c2c1n(CC(=O)Nc1ccc(C(F)(F)F)cc1Cl)c1nc(-c3ccc(-n4ccccc4=O)cc3)nn1c2=O. The molecule has 0 aliphatic carbocycles. The lowest BCUT2D eigenvalue weighted by atomic mass is 9.85. The first-order chi connectivity index (χ1) is 26.7. The third-order valence-electron chi connectivity index (χ3n) is 9.88. The lowest BCUT2D eigenvalue weighted by Gasteiger charge is -2.38. The van der Waals surface area contributed by atoms with E-state index in [-0.39, 0.29) is 70.8 Å². The molecule has 0 saturated carbocycles. The summed E-state index contributed by atoms with van der Waals surface area (Å²) in [5.74, 6) is -1.48. The van der Waals surface area contributed by atoms with Crippen LogP contribution in [0.15, 0.2) is 89.0 Å². The Kier molecular flexibility index (Phi) is 8.96. The van der Waals surface area contributed by atoms with Crippen molar-refractivity contribution in [3.8, 4) is 22.8 Å². The van der Waals surface area contributed by atoms with Crippen LogP contribution in [0.5, 0.6) is 5.75 Å². The van der Waals surface area contributed by atoms with Crippen molar-refractivity contribution in [2.45, 2.75) is 44.2 Å². The number of carbonyl (C=O) groups is 2. The number of likely N-dealkylation sites (tertiary alicyclic amines) is 1. The van der Waals surface area contributed by atoms with Crippen LogP contribution >= 0.6 is 11.6 Å². The van der Waals surface area contributed by atoms with Gasteiger partial charge in [0.25, 0.3) is 17.0 Å². The average molecular weight is 788 g/mol. The second-order valence-corrected chi connectivity index (χ2v) is 13.7. The summed E-state index contributed by atoms with van der Waals surface area (Å²) < 4.78 is 50.4. The Morgan fingerprint density at radius 3 is 2.50 bits per heavy atom. The summed E-state index contributed by atoms with van der Waals surface area (Å²) in [5, 5.41) is 17.0. The summed E-state index contributed by atoms with van der Waals surface area (Å²) in [7, 11) is 0. The van der Waals surface area contributed by atoms with E-state index in [0.717, 1.165) is 29.2 Å². The van der Waals surface area contributed by atoms with Crippen molar-refractivity contribution < 1.29 is 32.6 Å². The molecule has 15 nitrogen and oxygen atoms in total. The number of anilines is 1. The van der Waals surface area contributed by atoms with Crippen LogP contribution in [0.1, 0.15) is 53.2 Å². The molecule has 0 bridgehead atoms. The van der Waals surface area contributed by atoms with Gasteiger partial charge in [-0.15, -0.1) is 5.10 Å². The molecule has 2 aromatic carbocycles. The lowest BCUT2D eigenvalue weighted by Crippen LogP contribution is -2.47. The molecule has 19 heteroatoms. The fourth-order valence-electron chi connectivity index (χ4n) is 7.27. The van der Waals surface area contributed by atoms with E-state index in [9.17, 15) is 37.5 Å². The number of rotatable bonds is 6. The number of fused-ring (bicyclic) bond motifs is 3. The third-order valence-corrected chi connectivity index (χ3v) is 10.2. The van der Waals surface area contributed by atoms with Gasteiger partial charge in [-0.1, -0.05) is 17.7 Å². The highest BCUT2D eigenvalue weighted by molar-refractivity contribution is 6.33. The van der Waals surface area contributed by atoms with Crippen molar-refractivity contribution in [1.29, 1.82) is 0 Å². The van der Waals surface area contributed by atoms with Crippen LogP contribution in [-0.2, 0) is 27.9 Å². The van der Waals surface area contributed by atoms with E-state index in [0.29, 0.717) is 23.0 Å². The molecule has 4 aromatic heterocycles. The second kappa shape index (κ2) is 13.7. The zero-order valence-electron chi connectivity index (χ0n) is 29.2. The molecule has 6 aromatic rings. The minimum Gasteiger partial charge on any atom is -0.504 e. The number of benzene rings is 2. The maximum Gasteiger partial charge on any atom is 0.416 e. The molecule has 56 heavy (non-hydrogen) atoms. The number of amides is 2. The Morgan fingerprint density at radius 2 is 1.82 bits per heavy atom. The van der Waals surface area contributed by atoms with Crippen LogP contribution in [0.3, 0.4) is 0 Å². The van der Waals surface area contributed by atoms with Crippen LogP contribution in [-0.4, -0.2) is 68.6 Å². The molecule has 2 N–H and O–H groups in total. The predicted molar refractivity (Wildman–Crippen MR) is 193 cm³/mol. The molecule has 2 aliphatic rings. The van der Waals surface area contributed by atoms with Gasteiger partial charge in [0.2, 0.25) is 11.7 Å². The van der Waals surface area contributed by atoms with E-state index in [1.165, 1.54) is 20.1 Å². The Morgan fingerprint density at radius 1 is 1.07 bits per heavy atom. The number of pyridine rings is 1. The van der Waals surface area contributed by atoms with Crippen molar-refractivity contribution in [2.24, 2.45) is 0 Å². The normalized spacial score (nSPS) is 16.3. The van der Waals surface area contributed by atoms with Gasteiger partial charge >= 0.3 is 6.18 Å². The average Bonchev–Trinajstić information content (AvgIpc) is 3.74. The molecule has 1 fully saturated rings. The quantitative estimate of drug-likeness (QED) is 0.240. The standard InChI is InChI=1S/C37H29ClF3N9O6/c1-20-31-29(36(56-20)11-14-47(15-12-36)34(55)30-26(51)17-42-19-43-30)33(54)50-35(49(31)18-27(52)44-25-10-7-22(16-24(25)38)37(39,40)41)45-32(46-50)21-5-8-23(9-6-21)48-13-3-2-4-28(48)53/h2-10,13,16-17,19-20,51H,11-12,14-15,18H2,1H3,(H,44,52)/t20-/m1/s1. The van der Waals surface area contributed by atoms with E-state index in [2.05, 4.69) is 25.4 Å². The monoisotopic (exact) mass is 787 g/mol. The van der Waals surface area contributed by atoms with Crippen molar-refractivity contribution in [1.82, 2.24) is 38.6 Å². The number of nitrogens with one attached hydrogen (secondary N) is 1. The van der Waals surface area contributed by atoms with Gasteiger partial charge in [-0.05, 0) is 68.3 Å². The number of hydrogen-bond acceptors (Lipinski definition) is 10. The van der Waals surface area contributed by atoms with Crippen LogP contribution in [0, 0.1) is 0 Å². The number of halogens is 4. The highest BCUT2D eigenvalue weighted by Gasteiger charge is 2.50. The van der Waals surface area contributed by atoms with Crippen LogP contribution in [0.4, 0.5) is 18.9 Å². The summed E-state index contributed by atoms with van der Waals surface area (Å²) in [5.41, 5.74) is -1.60. The Hall–Kier alpha value is -6.40. The molecular weight excluding hydrogens is 759 g/mol. The molecule has 0 unspecified atom stereocenters. The fraction of sp³-hybridized carbons (Fsp3) is 0.243. The van der Waals surface area contributed by atoms with Gasteiger partial charge in [0, 0.05) is 36.6 Å². The van der Waals surface area contributed by atoms with Gasteiger partial charge in [0.15, 0.2) is 17.3 Å². The topological polar surface area (TPSA) is 179 Å². The molecule has 2 aliphatic heterocycles. The Bertz CT molecular complexity index is 2670. The van der Waals surface area contributed by atoms with E-state index in [1.807, 2.05) is 0 Å². The molecule has 0 radical (unpaired) electrons. The molecule has 286 valence electrons. The highest BCUT2D eigenvalue weighted by atomic mass is 35.5. The summed E-state index contributed by atoms with van der Waals surface area (Å²) in [6.07, 6.45) is -1.19. The lowest BCUT2D eigenvalue weighted by molar-refractivity contribution is -0.137. The highest BCUT2D eigenvalue weighted by Crippen LogP contribution is 2.48. The van der Waals surface area contributed by atoms with Gasteiger partial charge in [-0.2, -0.15) is 22.7 Å². The first-order valence-corrected chi connectivity index (χ1v) is 17.6. The Labute approximate surface area is 318 Å². The number of ether oxygens (including phenoxy) is 1. The molecule has 1 spiro atoms. The smallest absolute Gasteiger partial charge is 0.416 e. The first-order valence-electron chi connectivity index (χ1n) is 17.2. The van der Waals surface area contributed by atoms with Gasteiger partial charge in [-0.3, -0.25) is 23.7 Å². The van der Waals surface area contributed by atoms with Crippen molar-refractivity contribution >= 4 is 34.9 Å². The number of aromatic nitrogens is 7. The zero-order valence-corrected chi connectivity index (χ0v) is 30.0. The summed E-state index contributed by atoms with van der Waals surface area (Å²) in [6.45, 7) is 1.48. The fourth-order valence-corrected chi connectivity index (χ4v) is 7.50. The van der Waals surface area contributed by atoms with Crippen LogP contribution in [0.2, 0.25) is 5.02 Å². The number of piperidine rings is 1. The van der Waals surface area contributed by atoms with E-state index >= 15 is 0 Å². The minimum atomic E-state index is -4.65. The molecule has 6 heterocycles. The van der Waals surface area contributed by atoms with Crippen LogP contribution in [0.25, 0.3) is 22.9 Å². The summed E-state index contributed by atoms with van der Waals surface area (Å²) in [4.78, 5) is 67.7. The number of hydrogen-bond donors (Lipinski definition) is 2. The maximum absolute atomic E-state index is 14.5. The zero-order chi connectivity index (χ0) is 39.5. The maximum atomic E-state index is 14.5. The van der Waals surface area contributed by atoms with Crippen molar-refractivity contribution in [2.75, 3.05) is 18.4 Å². The Balaban J connectivity index is 1.19. The largest absolute Gasteiger partial charge is 0.504 e. The summed E-state index contributed by atoms with van der Waals surface area (Å²) in [6, 6.07) is 14.1. The van der Waals surface area contributed by atoms with E-state index < -0.39 is 47.4 Å². The van der Waals surface area contributed by atoms with Crippen molar-refractivity contribution in [3.63, 3.8) is 0 Å². The molecule has 2 amide bonds. The van der Waals surface area contributed by atoms with Crippen LogP contribution < -0.4 is 16.4 Å². The van der Waals surface area contributed by atoms with E-state index in [1.54, 1.807) is 49.5 Å². The molecule has 1 saturated heterocycles. The van der Waals surface area contributed by atoms with Gasteiger partial charge in [0.1, 0.15) is 18.5 Å². The van der Waals surface area contributed by atoms with Gasteiger partial charge < -0.3 is 24.6 Å². The van der Waals surface area contributed by atoms with Crippen molar-refractivity contribution in [3.05, 3.63) is 128 Å².